The first kappa shape index (κ1) is 23.9. The summed E-state index contributed by atoms with van der Waals surface area (Å²) in [5.74, 6) is 0. The molecule has 2 nitrogen and oxygen atoms in total. The van der Waals surface area contributed by atoms with Crippen molar-refractivity contribution in [2.45, 2.75) is 9.79 Å². The Kier molecular flexibility index (Phi) is 7.52. The lowest BCUT2D eigenvalue weighted by Gasteiger charge is -2.17. The van der Waals surface area contributed by atoms with E-state index in [9.17, 15) is 8.42 Å². The predicted octanol–water partition coefficient (Wildman–Crippen LogP) is 8.74. The highest BCUT2D eigenvalue weighted by molar-refractivity contribution is 8.11. The molecule has 0 aliphatic carbocycles. The summed E-state index contributed by atoms with van der Waals surface area (Å²) in [4.78, 5) is 1.79. The van der Waals surface area contributed by atoms with E-state index in [2.05, 4.69) is 0 Å². The number of thioether (sulfide) groups is 1. The third kappa shape index (κ3) is 5.65. The molecule has 0 spiro atoms. The van der Waals surface area contributed by atoms with Crippen LogP contribution < -0.4 is 0 Å². The lowest BCUT2D eigenvalue weighted by molar-refractivity contribution is 0.606. The van der Waals surface area contributed by atoms with E-state index < -0.39 is 9.84 Å². The summed E-state index contributed by atoms with van der Waals surface area (Å²) >= 11 is 19.6. The summed E-state index contributed by atoms with van der Waals surface area (Å²) in [7, 11) is -3.92. The van der Waals surface area contributed by atoms with Gasteiger partial charge < -0.3 is 0 Å². The fraction of sp³-hybridized carbons (Fsp3) is 0. The first-order valence-corrected chi connectivity index (χ1v) is 13.3. The zero-order chi connectivity index (χ0) is 23.4. The molecule has 0 fully saturated rings. The molecule has 4 aromatic carbocycles. The molecule has 0 heterocycles. The standard InChI is InChI=1S/C26H17Cl3O2S2/c27-20-8-6-18(7-9-20)25(32-23-14-10-21(28)11-15-23)26(19-4-2-1-3-5-19)33(30,31)24-16-12-22(29)13-17-24/h1-17H/b26-25+. The summed E-state index contributed by atoms with van der Waals surface area (Å²) in [6.45, 7) is 0. The summed E-state index contributed by atoms with van der Waals surface area (Å²) in [5, 5.41) is 1.64. The Bertz CT molecular complexity index is 1380. The van der Waals surface area contributed by atoms with Gasteiger partial charge in [-0.05, 0) is 71.8 Å². The van der Waals surface area contributed by atoms with Crippen LogP contribution in [0.5, 0.6) is 0 Å². The van der Waals surface area contributed by atoms with Crippen molar-refractivity contribution in [3.8, 4) is 0 Å². The quantitative estimate of drug-likeness (QED) is 0.184. The highest BCUT2D eigenvalue weighted by Crippen LogP contribution is 2.44. The number of benzene rings is 4. The molecule has 0 amide bonds. The monoisotopic (exact) mass is 530 g/mol. The minimum atomic E-state index is -3.92. The molecule has 33 heavy (non-hydrogen) atoms. The van der Waals surface area contributed by atoms with Crippen LogP contribution in [0.3, 0.4) is 0 Å². The molecular formula is C26H17Cl3O2S2. The molecule has 7 heteroatoms. The Labute approximate surface area is 212 Å². The number of rotatable bonds is 6. The van der Waals surface area contributed by atoms with Gasteiger partial charge in [0.15, 0.2) is 0 Å². The van der Waals surface area contributed by atoms with Crippen molar-refractivity contribution in [2.75, 3.05) is 0 Å². The molecule has 0 aromatic heterocycles. The molecule has 0 saturated carbocycles. The van der Waals surface area contributed by atoms with Crippen LogP contribution in [-0.2, 0) is 9.84 Å². The fourth-order valence-corrected chi connectivity index (χ4v) is 6.53. The van der Waals surface area contributed by atoms with Crippen LogP contribution in [0.2, 0.25) is 15.1 Å². The molecule has 0 bridgehead atoms. The van der Waals surface area contributed by atoms with Gasteiger partial charge in [0.05, 0.1) is 9.80 Å². The van der Waals surface area contributed by atoms with Gasteiger partial charge in [0, 0.05) is 24.9 Å². The van der Waals surface area contributed by atoms with Crippen LogP contribution in [0, 0.1) is 0 Å². The average molecular weight is 532 g/mol. The lowest BCUT2D eigenvalue weighted by atomic mass is 10.1. The molecular weight excluding hydrogens is 515 g/mol. The van der Waals surface area contributed by atoms with E-state index in [0.29, 0.717) is 25.5 Å². The van der Waals surface area contributed by atoms with Gasteiger partial charge >= 0.3 is 0 Å². The van der Waals surface area contributed by atoms with Crippen molar-refractivity contribution in [3.63, 3.8) is 0 Å². The van der Waals surface area contributed by atoms with E-state index in [4.69, 9.17) is 34.8 Å². The maximum Gasteiger partial charge on any atom is 0.208 e. The molecule has 4 aromatic rings. The third-order valence-electron chi connectivity index (χ3n) is 4.77. The van der Waals surface area contributed by atoms with Crippen molar-refractivity contribution in [3.05, 3.63) is 129 Å². The summed E-state index contributed by atoms with van der Waals surface area (Å²) in [5.41, 5.74) is 1.31. The van der Waals surface area contributed by atoms with Crippen LogP contribution in [0.25, 0.3) is 9.81 Å². The van der Waals surface area contributed by atoms with Gasteiger partial charge in [0.25, 0.3) is 0 Å². The van der Waals surface area contributed by atoms with Crippen LogP contribution in [0.15, 0.2) is 113 Å². The topological polar surface area (TPSA) is 34.1 Å². The molecule has 0 aliphatic heterocycles. The first-order chi connectivity index (χ1) is 15.8. The smallest absolute Gasteiger partial charge is 0.208 e. The molecule has 166 valence electrons. The van der Waals surface area contributed by atoms with Gasteiger partial charge in [0.1, 0.15) is 0 Å². The molecule has 0 atom stereocenters. The van der Waals surface area contributed by atoms with Crippen molar-refractivity contribution in [1.82, 2.24) is 0 Å². The van der Waals surface area contributed by atoms with Crippen molar-refractivity contribution < 1.29 is 8.42 Å². The fourth-order valence-electron chi connectivity index (χ4n) is 3.19. The molecule has 0 saturated heterocycles. The zero-order valence-corrected chi connectivity index (χ0v) is 21.0. The normalized spacial score (nSPS) is 12.3. The van der Waals surface area contributed by atoms with Gasteiger partial charge in [-0.3, -0.25) is 0 Å². The first-order valence-electron chi connectivity index (χ1n) is 9.84. The van der Waals surface area contributed by atoms with Crippen molar-refractivity contribution >= 4 is 66.2 Å². The molecule has 4 rings (SSSR count). The van der Waals surface area contributed by atoms with Gasteiger partial charge in [-0.1, -0.05) is 89.0 Å². The van der Waals surface area contributed by atoms with Gasteiger partial charge in [-0.15, -0.1) is 0 Å². The van der Waals surface area contributed by atoms with Crippen LogP contribution in [-0.4, -0.2) is 8.42 Å². The number of hydrogen-bond donors (Lipinski definition) is 0. The number of sulfone groups is 1. The minimum absolute atomic E-state index is 0.161. The van der Waals surface area contributed by atoms with Gasteiger partial charge in [-0.2, -0.15) is 0 Å². The Morgan fingerprint density at radius 3 is 1.61 bits per heavy atom. The number of halogens is 3. The number of hydrogen-bond acceptors (Lipinski definition) is 3. The minimum Gasteiger partial charge on any atom is -0.218 e. The zero-order valence-electron chi connectivity index (χ0n) is 17.1. The van der Waals surface area contributed by atoms with Crippen molar-refractivity contribution in [1.29, 1.82) is 0 Å². The SMILES string of the molecule is O=S(=O)(/C(=C(/Sc1ccc(Cl)cc1)c1ccc(Cl)cc1)c1ccccc1)c1ccc(Cl)cc1. The maximum absolute atomic E-state index is 14.0. The predicted molar refractivity (Wildman–Crippen MR) is 141 cm³/mol. The van der Waals surface area contributed by atoms with Gasteiger partial charge in [0.2, 0.25) is 9.84 Å². The molecule has 0 radical (unpaired) electrons. The van der Waals surface area contributed by atoms with Crippen LogP contribution >= 0.6 is 46.6 Å². The van der Waals surface area contributed by atoms with Crippen LogP contribution in [0.1, 0.15) is 11.1 Å². The van der Waals surface area contributed by atoms with E-state index >= 15 is 0 Å². The van der Waals surface area contributed by atoms with E-state index in [1.54, 1.807) is 48.5 Å². The Morgan fingerprint density at radius 1 is 0.576 bits per heavy atom. The highest BCUT2D eigenvalue weighted by Gasteiger charge is 2.27. The lowest BCUT2D eigenvalue weighted by Crippen LogP contribution is -2.06. The molecule has 0 aliphatic rings. The summed E-state index contributed by atoms with van der Waals surface area (Å²) < 4.78 is 28.0. The molecule has 0 unspecified atom stereocenters. The Hall–Kier alpha value is -2.21. The second-order valence-electron chi connectivity index (χ2n) is 7.04. The average Bonchev–Trinajstić information content (AvgIpc) is 2.81. The summed E-state index contributed by atoms with van der Waals surface area (Å²) in [6.07, 6.45) is 0. The largest absolute Gasteiger partial charge is 0.218 e. The van der Waals surface area contributed by atoms with Gasteiger partial charge in [-0.25, -0.2) is 8.42 Å². The second kappa shape index (κ2) is 10.4. The second-order valence-corrected chi connectivity index (χ2v) is 11.3. The van der Waals surface area contributed by atoms with E-state index in [1.165, 1.54) is 23.9 Å². The Morgan fingerprint density at radius 2 is 1.06 bits per heavy atom. The van der Waals surface area contributed by atoms with E-state index in [0.717, 1.165) is 10.5 Å². The van der Waals surface area contributed by atoms with E-state index in [-0.39, 0.29) is 9.80 Å². The molecule has 0 N–H and O–H groups in total. The third-order valence-corrected chi connectivity index (χ3v) is 8.68. The van der Waals surface area contributed by atoms with E-state index in [1.807, 2.05) is 42.5 Å². The highest BCUT2D eigenvalue weighted by atomic mass is 35.5. The maximum atomic E-state index is 14.0. The van der Waals surface area contributed by atoms with Crippen LogP contribution in [0.4, 0.5) is 0 Å². The van der Waals surface area contributed by atoms with Crippen molar-refractivity contribution in [2.24, 2.45) is 0 Å². The Balaban J connectivity index is 2.02. The summed E-state index contributed by atoms with van der Waals surface area (Å²) in [6, 6.07) is 29.7.